The van der Waals surface area contributed by atoms with Gasteiger partial charge in [-0.05, 0) is 26.0 Å². The molecule has 0 radical (unpaired) electrons. The van der Waals surface area contributed by atoms with Crippen molar-refractivity contribution in [2.45, 2.75) is 19.4 Å². The van der Waals surface area contributed by atoms with Crippen LogP contribution in [0, 0.1) is 11.8 Å². The molecule has 1 N–H and O–H groups in total. The quantitative estimate of drug-likeness (QED) is 0.678. The van der Waals surface area contributed by atoms with Crippen molar-refractivity contribution in [3.8, 4) is 11.8 Å². The summed E-state index contributed by atoms with van der Waals surface area (Å²) in [5.74, 6) is 5.80. The van der Waals surface area contributed by atoms with Crippen LogP contribution in [0.3, 0.4) is 0 Å². The summed E-state index contributed by atoms with van der Waals surface area (Å²) < 4.78 is 0. The van der Waals surface area contributed by atoms with E-state index in [1.807, 2.05) is 30.3 Å². The van der Waals surface area contributed by atoms with E-state index < -0.39 is 5.60 Å². The number of pyridine rings is 1. The Morgan fingerprint density at radius 1 is 1.19 bits per heavy atom. The van der Waals surface area contributed by atoms with Crippen LogP contribution < -0.4 is 0 Å². The molecule has 0 unspecified atom stereocenters. The van der Waals surface area contributed by atoms with Gasteiger partial charge < -0.3 is 5.11 Å². The lowest BCUT2D eigenvalue weighted by molar-refractivity contribution is 0.143. The minimum atomic E-state index is -0.968. The van der Waals surface area contributed by atoms with Crippen LogP contribution in [0.15, 0.2) is 36.5 Å². The highest BCUT2D eigenvalue weighted by Gasteiger charge is 2.06. The van der Waals surface area contributed by atoms with Gasteiger partial charge in [-0.15, -0.1) is 0 Å². The van der Waals surface area contributed by atoms with E-state index in [-0.39, 0.29) is 0 Å². The second-order valence-corrected chi connectivity index (χ2v) is 4.18. The van der Waals surface area contributed by atoms with Gasteiger partial charge in [0.15, 0.2) is 0 Å². The normalized spacial score (nSPS) is 10.9. The highest BCUT2D eigenvalue weighted by Crippen LogP contribution is 2.15. The molecule has 1 aromatic carbocycles. The fraction of sp³-hybridized carbons (Fsp3) is 0.214. The summed E-state index contributed by atoms with van der Waals surface area (Å²) in [7, 11) is 0. The van der Waals surface area contributed by atoms with Crippen LogP contribution in [-0.4, -0.2) is 15.7 Å². The van der Waals surface area contributed by atoms with Crippen molar-refractivity contribution in [1.29, 1.82) is 0 Å². The molecule has 0 saturated heterocycles. The molecule has 16 heavy (non-hydrogen) atoms. The number of aliphatic hydroxyl groups is 1. The first kappa shape index (κ1) is 10.7. The third-order valence-corrected chi connectivity index (χ3v) is 2.15. The zero-order valence-corrected chi connectivity index (χ0v) is 9.36. The van der Waals surface area contributed by atoms with Gasteiger partial charge in [0.25, 0.3) is 0 Å². The average Bonchev–Trinajstić information content (AvgIpc) is 2.25. The maximum atomic E-state index is 9.56. The Bertz CT molecular complexity index is 565. The lowest BCUT2D eigenvalue weighted by atomic mass is 10.1. The Kier molecular flexibility index (Phi) is 2.64. The van der Waals surface area contributed by atoms with Crippen molar-refractivity contribution < 1.29 is 5.11 Å². The van der Waals surface area contributed by atoms with Crippen LogP contribution in [0.4, 0.5) is 0 Å². The van der Waals surface area contributed by atoms with Crippen LogP contribution in [-0.2, 0) is 0 Å². The number of hydrogen-bond donors (Lipinski definition) is 1. The Labute approximate surface area is 95.0 Å². The van der Waals surface area contributed by atoms with Gasteiger partial charge in [-0.1, -0.05) is 30.0 Å². The van der Waals surface area contributed by atoms with Crippen molar-refractivity contribution in [1.82, 2.24) is 4.98 Å². The molecule has 2 heteroatoms. The van der Waals surface area contributed by atoms with E-state index in [0.29, 0.717) is 0 Å². The molecule has 0 aliphatic rings. The highest BCUT2D eigenvalue weighted by molar-refractivity contribution is 5.84. The molecular formula is C14H13NO. The second kappa shape index (κ2) is 3.96. The molecule has 0 atom stereocenters. The molecule has 1 aromatic heterocycles. The van der Waals surface area contributed by atoms with E-state index in [1.165, 1.54) is 0 Å². The largest absolute Gasteiger partial charge is 0.378 e. The Morgan fingerprint density at radius 3 is 2.69 bits per heavy atom. The molecule has 2 aromatic rings. The summed E-state index contributed by atoms with van der Waals surface area (Å²) in [6, 6.07) is 9.70. The molecule has 2 nitrogen and oxygen atoms in total. The minimum Gasteiger partial charge on any atom is -0.378 e. The molecule has 0 saturated carbocycles. The van der Waals surface area contributed by atoms with Gasteiger partial charge in [0.1, 0.15) is 5.60 Å². The summed E-state index contributed by atoms with van der Waals surface area (Å²) >= 11 is 0. The van der Waals surface area contributed by atoms with Gasteiger partial charge in [-0.25, -0.2) is 0 Å². The lowest BCUT2D eigenvalue weighted by Gasteiger charge is -2.06. The van der Waals surface area contributed by atoms with Crippen molar-refractivity contribution in [2.24, 2.45) is 0 Å². The van der Waals surface area contributed by atoms with Gasteiger partial charge in [0, 0.05) is 17.1 Å². The van der Waals surface area contributed by atoms with Gasteiger partial charge in [0.2, 0.25) is 0 Å². The smallest absolute Gasteiger partial charge is 0.120 e. The molecule has 2 rings (SSSR count). The van der Waals surface area contributed by atoms with Crippen LogP contribution in [0.1, 0.15) is 19.4 Å². The third-order valence-electron chi connectivity index (χ3n) is 2.15. The van der Waals surface area contributed by atoms with E-state index in [9.17, 15) is 5.11 Å². The van der Waals surface area contributed by atoms with Crippen molar-refractivity contribution in [3.05, 3.63) is 42.1 Å². The molecule has 0 bridgehead atoms. The number of benzene rings is 1. The predicted octanol–water partition coefficient (Wildman–Crippen LogP) is 2.36. The van der Waals surface area contributed by atoms with Crippen LogP contribution in [0.5, 0.6) is 0 Å². The maximum Gasteiger partial charge on any atom is 0.120 e. The number of aromatic nitrogens is 1. The minimum absolute atomic E-state index is 0.896. The van der Waals surface area contributed by atoms with Crippen LogP contribution >= 0.6 is 0 Å². The Balaban J connectivity index is 2.56. The van der Waals surface area contributed by atoms with Crippen molar-refractivity contribution >= 4 is 10.9 Å². The van der Waals surface area contributed by atoms with Crippen molar-refractivity contribution in [3.63, 3.8) is 0 Å². The summed E-state index contributed by atoms with van der Waals surface area (Å²) in [5.41, 5.74) is 0.849. The number of para-hydroxylation sites is 1. The van der Waals surface area contributed by atoms with E-state index in [2.05, 4.69) is 16.8 Å². The van der Waals surface area contributed by atoms with Crippen LogP contribution in [0.2, 0.25) is 0 Å². The summed E-state index contributed by atoms with van der Waals surface area (Å²) in [5, 5.41) is 10.6. The summed E-state index contributed by atoms with van der Waals surface area (Å²) in [4.78, 5) is 4.26. The first-order valence-electron chi connectivity index (χ1n) is 5.15. The standard InChI is InChI=1S/C14H13NO/c1-14(2,16)9-7-11-8-10-15-13-6-4-3-5-12(11)13/h3-6,8,10,16H,1-2H3. The van der Waals surface area contributed by atoms with E-state index in [1.54, 1.807) is 20.0 Å². The summed E-state index contributed by atoms with van der Waals surface area (Å²) in [6.07, 6.45) is 1.73. The van der Waals surface area contributed by atoms with Gasteiger partial charge >= 0.3 is 0 Å². The molecular weight excluding hydrogens is 198 g/mol. The number of fused-ring (bicyclic) bond motifs is 1. The highest BCUT2D eigenvalue weighted by atomic mass is 16.3. The first-order valence-corrected chi connectivity index (χ1v) is 5.15. The number of rotatable bonds is 0. The SMILES string of the molecule is CC(C)(O)C#Cc1ccnc2ccccc12. The summed E-state index contributed by atoms with van der Waals surface area (Å²) in [6.45, 7) is 3.34. The third kappa shape index (κ3) is 2.39. The zero-order chi connectivity index (χ0) is 11.6. The molecule has 0 amide bonds. The van der Waals surface area contributed by atoms with Gasteiger partial charge in [-0.2, -0.15) is 0 Å². The molecule has 0 fully saturated rings. The molecule has 0 aliphatic carbocycles. The van der Waals surface area contributed by atoms with Crippen molar-refractivity contribution in [2.75, 3.05) is 0 Å². The fourth-order valence-corrected chi connectivity index (χ4v) is 1.43. The van der Waals surface area contributed by atoms with E-state index >= 15 is 0 Å². The molecule has 0 aliphatic heterocycles. The van der Waals surface area contributed by atoms with Gasteiger partial charge in [0.05, 0.1) is 5.52 Å². The second-order valence-electron chi connectivity index (χ2n) is 4.18. The monoisotopic (exact) mass is 211 g/mol. The predicted molar refractivity (Wildman–Crippen MR) is 64.9 cm³/mol. The van der Waals surface area contributed by atoms with E-state index in [4.69, 9.17) is 0 Å². The first-order chi connectivity index (χ1) is 7.56. The Morgan fingerprint density at radius 2 is 1.94 bits per heavy atom. The van der Waals surface area contributed by atoms with Crippen LogP contribution in [0.25, 0.3) is 10.9 Å². The number of hydrogen-bond acceptors (Lipinski definition) is 2. The zero-order valence-electron chi connectivity index (χ0n) is 9.36. The average molecular weight is 211 g/mol. The lowest BCUT2D eigenvalue weighted by Crippen LogP contribution is -2.14. The molecule has 0 spiro atoms. The number of nitrogens with zero attached hydrogens (tertiary/aromatic N) is 1. The Hall–Kier alpha value is -1.85. The van der Waals surface area contributed by atoms with E-state index in [0.717, 1.165) is 16.5 Å². The molecule has 1 heterocycles. The topological polar surface area (TPSA) is 33.1 Å². The maximum absolute atomic E-state index is 9.56. The van der Waals surface area contributed by atoms with Gasteiger partial charge in [-0.3, -0.25) is 4.98 Å². The molecule has 80 valence electrons. The fourth-order valence-electron chi connectivity index (χ4n) is 1.43.